The standard InChI is InChI=1S/2C20H32O3.V.Zr/c2*1-2-3-4-5-6-7-8-9-10-11-12-13-14-15-16-17-18-19(23-18)20(21)22;;/h2*14-17H,2-13H2,1H3,(H,21,22);;. The van der Waals surface area contributed by atoms with E-state index in [9.17, 15) is 9.59 Å². The van der Waals surface area contributed by atoms with Crippen molar-refractivity contribution < 1.29 is 74.0 Å². The van der Waals surface area contributed by atoms with Crippen molar-refractivity contribution in [3.8, 4) is 0 Å². The molecule has 2 heterocycles. The second kappa shape index (κ2) is 35.3. The molecule has 0 amide bonds. The molecule has 6 nitrogen and oxygen atoms in total. The Hall–Kier alpha value is -1.55. The van der Waals surface area contributed by atoms with Gasteiger partial charge in [-0.15, -0.1) is 0 Å². The molecular weight excluding hydrogens is 719 g/mol. The van der Waals surface area contributed by atoms with Gasteiger partial charge in [0.15, 0.2) is 11.5 Å². The molecule has 0 aromatic heterocycles. The van der Waals surface area contributed by atoms with Crippen LogP contribution in [0.3, 0.4) is 0 Å². The fraction of sp³-hybridized carbons (Fsp3) is 0.650. The summed E-state index contributed by atoms with van der Waals surface area (Å²) in [4.78, 5) is 21.0. The molecule has 2 rings (SSSR count). The number of unbranched alkanes of at least 4 members (excludes halogenated alkanes) is 22. The largest absolute Gasteiger partial charge is 0.475 e. The van der Waals surface area contributed by atoms with Crippen molar-refractivity contribution in [2.75, 3.05) is 0 Å². The molecule has 0 saturated carbocycles. The molecule has 0 fully saturated rings. The molecule has 0 unspecified atom stereocenters. The molecule has 0 spiro atoms. The number of allylic oxidation sites excluding steroid dienone is 8. The van der Waals surface area contributed by atoms with E-state index < -0.39 is 11.9 Å². The Morgan fingerprint density at radius 1 is 0.479 bits per heavy atom. The van der Waals surface area contributed by atoms with Crippen LogP contribution in [0.15, 0.2) is 71.6 Å². The minimum Gasteiger partial charge on any atom is -0.475 e. The third-order valence-corrected chi connectivity index (χ3v) is 8.12. The molecule has 0 aliphatic carbocycles. The van der Waals surface area contributed by atoms with Gasteiger partial charge in [-0.05, 0) is 37.8 Å². The maximum atomic E-state index is 10.5. The summed E-state index contributed by atoms with van der Waals surface area (Å²) < 4.78 is 9.62. The summed E-state index contributed by atoms with van der Waals surface area (Å²) in [5.74, 6) is -0.905. The maximum Gasteiger partial charge on any atom is 0.375 e. The maximum absolute atomic E-state index is 10.5. The van der Waals surface area contributed by atoms with E-state index in [1.165, 1.54) is 141 Å². The molecular formula is C40H64O6VZr. The molecule has 2 N–H and O–H groups in total. The number of rotatable bonds is 30. The van der Waals surface area contributed by atoms with Gasteiger partial charge in [-0.3, -0.25) is 0 Å². The predicted molar refractivity (Wildman–Crippen MR) is 190 cm³/mol. The SMILES string of the molecule is CCCCCCCCCCCCCC=CC=CC1=C(C(=O)O)O1.CCCCCCCCCCCCCC=CC=CC1=C(C(=O)O)O1.[V].[Zr]. The van der Waals surface area contributed by atoms with Crippen molar-refractivity contribution >= 4 is 11.9 Å². The summed E-state index contributed by atoms with van der Waals surface area (Å²) in [5, 5.41) is 17.2. The zero-order valence-electron chi connectivity index (χ0n) is 30.1. The van der Waals surface area contributed by atoms with Crippen molar-refractivity contribution in [1.82, 2.24) is 0 Å². The van der Waals surface area contributed by atoms with E-state index >= 15 is 0 Å². The zero-order valence-corrected chi connectivity index (χ0v) is 33.9. The fourth-order valence-corrected chi connectivity index (χ4v) is 5.17. The molecule has 0 aromatic carbocycles. The van der Waals surface area contributed by atoms with Crippen LogP contribution >= 0.6 is 0 Å². The second-order valence-corrected chi connectivity index (χ2v) is 12.4. The molecule has 1 radical (unpaired) electrons. The van der Waals surface area contributed by atoms with E-state index in [0.29, 0.717) is 11.5 Å². The van der Waals surface area contributed by atoms with E-state index in [4.69, 9.17) is 19.7 Å². The van der Waals surface area contributed by atoms with Crippen LogP contribution in [0.1, 0.15) is 168 Å². The number of carboxylic acids is 2. The van der Waals surface area contributed by atoms with Gasteiger partial charge in [-0.1, -0.05) is 179 Å². The van der Waals surface area contributed by atoms with Crippen molar-refractivity contribution in [1.29, 1.82) is 0 Å². The number of carboxylic acid groups (broad SMARTS) is 2. The number of hydrogen-bond donors (Lipinski definition) is 2. The van der Waals surface area contributed by atoms with Gasteiger partial charge in [0, 0.05) is 44.8 Å². The van der Waals surface area contributed by atoms with Gasteiger partial charge in [0.25, 0.3) is 11.5 Å². The Kier molecular flexibility index (Phi) is 35.7. The number of hydrogen-bond acceptors (Lipinski definition) is 4. The molecule has 2 aliphatic rings. The number of ether oxygens (including phenoxy) is 2. The molecule has 0 aromatic rings. The first-order chi connectivity index (χ1) is 22.5. The first-order valence-electron chi connectivity index (χ1n) is 18.5. The van der Waals surface area contributed by atoms with Gasteiger partial charge in [0.05, 0.1) is 0 Å². The third kappa shape index (κ3) is 30.5. The molecule has 269 valence electrons. The van der Waals surface area contributed by atoms with Gasteiger partial charge in [0.2, 0.25) is 0 Å². The predicted octanol–water partition coefficient (Wildman–Crippen LogP) is 12.2. The molecule has 0 atom stereocenters. The molecule has 0 bridgehead atoms. The summed E-state index contributed by atoms with van der Waals surface area (Å²) in [5.41, 5.74) is 0. The van der Waals surface area contributed by atoms with E-state index in [2.05, 4.69) is 26.0 Å². The monoisotopic (exact) mass is 781 g/mol. The van der Waals surface area contributed by atoms with Gasteiger partial charge in [-0.25, -0.2) is 9.59 Å². The first-order valence-corrected chi connectivity index (χ1v) is 18.5. The Balaban J connectivity index is 0. The van der Waals surface area contributed by atoms with Crippen LogP contribution in [0.25, 0.3) is 0 Å². The Labute approximate surface area is 323 Å². The second-order valence-electron chi connectivity index (χ2n) is 12.4. The van der Waals surface area contributed by atoms with Crippen LogP contribution in [0.5, 0.6) is 0 Å². The van der Waals surface area contributed by atoms with Crippen LogP contribution in [0.4, 0.5) is 0 Å². The van der Waals surface area contributed by atoms with Crippen LogP contribution in [0.2, 0.25) is 0 Å². The molecule has 0 saturated heterocycles. The average molecular weight is 783 g/mol. The van der Waals surface area contributed by atoms with E-state index in [1.54, 1.807) is 12.2 Å². The average Bonchev–Trinajstić information content (AvgIpc) is 3.97. The summed E-state index contributed by atoms with van der Waals surface area (Å²) in [7, 11) is 0. The first kappa shape index (κ1) is 48.6. The summed E-state index contributed by atoms with van der Waals surface area (Å²) in [6, 6.07) is 0. The van der Waals surface area contributed by atoms with Gasteiger partial charge in [0.1, 0.15) is 0 Å². The van der Waals surface area contributed by atoms with Gasteiger partial charge in [-0.2, -0.15) is 0 Å². The minimum absolute atomic E-state index is 0. The van der Waals surface area contributed by atoms with Crippen molar-refractivity contribution in [3.63, 3.8) is 0 Å². The Bertz CT molecular complexity index is 931. The summed E-state index contributed by atoms with van der Waals surface area (Å²) >= 11 is 0. The van der Waals surface area contributed by atoms with Crippen LogP contribution < -0.4 is 0 Å². The van der Waals surface area contributed by atoms with E-state index in [0.717, 1.165) is 12.8 Å². The quantitative estimate of drug-likeness (QED) is 0.0556. The summed E-state index contributed by atoms with van der Waals surface area (Å²) in [6.45, 7) is 4.53. The number of carbonyl (C=O) groups is 2. The van der Waals surface area contributed by atoms with Crippen LogP contribution in [0, 0.1) is 0 Å². The molecule has 8 heteroatoms. The van der Waals surface area contributed by atoms with Gasteiger partial charge < -0.3 is 19.7 Å². The van der Waals surface area contributed by atoms with Gasteiger partial charge >= 0.3 is 11.9 Å². The number of aliphatic carboxylic acids is 2. The topological polar surface area (TPSA) is 99.7 Å². The Morgan fingerprint density at radius 3 is 1.00 bits per heavy atom. The molecule has 48 heavy (non-hydrogen) atoms. The minimum atomic E-state index is -0.991. The van der Waals surface area contributed by atoms with Crippen molar-refractivity contribution in [2.45, 2.75) is 168 Å². The van der Waals surface area contributed by atoms with Crippen molar-refractivity contribution in [2.24, 2.45) is 0 Å². The third-order valence-electron chi connectivity index (χ3n) is 8.12. The van der Waals surface area contributed by atoms with E-state index in [1.807, 2.05) is 24.3 Å². The van der Waals surface area contributed by atoms with Crippen LogP contribution in [-0.4, -0.2) is 22.2 Å². The smallest absolute Gasteiger partial charge is 0.375 e. The van der Waals surface area contributed by atoms with Crippen LogP contribution in [-0.2, 0) is 63.8 Å². The van der Waals surface area contributed by atoms with Crippen molar-refractivity contribution in [3.05, 3.63) is 71.6 Å². The zero-order chi connectivity index (χ0) is 33.5. The summed E-state index contributed by atoms with van der Waals surface area (Å²) in [6.07, 6.45) is 47.5. The normalized spacial score (nSPS) is 13.4. The van der Waals surface area contributed by atoms with E-state index in [-0.39, 0.29) is 56.3 Å². The Morgan fingerprint density at radius 2 is 0.750 bits per heavy atom. The molecule has 2 aliphatic heterocycles. The fourth-order valence-electron chi connectivity index (χ4n) is 5.17.